The van der Waals surface area contributed by atoms with Crippen LogP contribution in [0.3, 0.4) is 0 Å². The van der Waals surface area contributed by atoms with E-state index >= 15 is 0 Å². The quantitative estimate of drug-likeness (QED) is 0.798. The third-order valence-electron chi connectivity index (χ3n) is 3.12. The Morgan fingerprint density at radius 2 is 2.20 bits per heavy atom. The van der Waals surface area contributed by atoms with Gasteiger partial charge >= 0.3 is 0 Å². The molecule has 4 heteroatoms. The maximum absolute atomic E-state index is 5.61. The van der Waals surface area contributed by atoms with Crippen LogP contribution >= 0.6 is 12.2 Å². The molecule has 0 amide bonds. The van der Waals surface area contributed by atoms with E-state index in [1.807, 2.05) is 6.20 Å². The third kappa shape index (κ3) is 2.56. The Bertz CT molecular complexity index is 339. The smallest absolute Gasteiger partial charge is 0.167 e. The Kier molecular flexibility index (Phi) is 3.36. The predicted molar refractivity (Wildman–Crippen MR) is 64.7 cm³/mol. The number of nitrogens with two attached hydrogens (primary N) is 1. The van der Waals surface area contributed by atoms with Gasteiger partial charge in [0.15, 0.2) is 5.82 Å². The van der Waals surface area contributed by atoms with Gasteiger partial charge in [-0.05, 0) is 18.8 Å². The topological polar surface area (TPSA) is 43.8 Å². The Hall–Kier alpha value is -0.900. The van der Waals surface area contributed by atoms with Crippen molar-refractivity contribution < 1.29 is 0 Å². The van der Waals surface area contributed by atoms with Crippen LogP contribution in [0.15, 0.2) is 12.4 Å². The van der Waals surface area contributed by atoms with Crippen molar-refractivity contribution in [1.29, 1.82) is 0 Å². The first-order chi connectivity index (χ1) is 7.27. The molecule has 15 heavy (non-hydrogen) atoms. The molecule has 2 rings (SSSR count). The second-order valence-electron chi connectivity index (χ2n) is 4.27. The SMILES string of the molecule is NC(=S)c1nccn1CC1CCCCC1. The second-order valence-corrected chi connectivity index (χ2v) is 4.71. The average Bonchev–Trinajstić information content (AvgIpc) is 2.67. The maximum atomic E-state index is 5.61. The van der Waals surface area contributed by atoms with Crippen LogP contribution < -0.4 is 5.73 Å². The van der Waals surface area contributed by atoms with Crippen LogP contribution in [0.2, 0.25) is 0 Å². The highest BCUT2D eigenvalue weighted by atomic mass is 32.1. The first-order valence-corrected chi connectivity index (χ1v) is 5.99. The zero-order valence-electron chi connectivity index (χ0n) is 8.85. The summed E-state index contributed by atoms with van der Waals surface area (Å²) in [7, 11) is 0. The summed E-state index contributed by atoms with van der Waals surface area (Å²) < 4.78 is 2.10. The van der Waals surface area contributed by atoms with Gasteiger partial charge in [0.05, 0.1) is 0 Å². The standard InChI is InChI=1S/C11H17N3S/c12-10(15)11-13-6-7-14(11)8-9-4-2-1-3-5-9/h6-7,9H,1-5,8H2,(H2,12,15). The van der Waals surface area contributed by atoms with Crippen LogP contribution in [0.5, 0.6) is 0 Å². The Morgan fingerprint density at radius 3 is 2.87 bits per heavy atom. The summed E-state index contributed by atoms with van der Waals surface area (Å²) in [4.78, 5) is 4.58. The van der Waals surface area contributed by atoms with Crippen LogP contribution in [-0.4, -0.2) is 14.5 Å². The van der Waals surface area contributed by atoms with Crippen LogP contribution in [-0.2, 0) is 6.54 Å². The van der Waals surface area contributed by atoms with E-state index in [1.54, 1.807) is 6.20 Å². The highest BCUT2D eigenvalue weighted by Crippen LogP contribution is 2.25. The first kappa shape index (κ1) is 10.6. The van der Waals surface area contributed by atoms with Crippen molar-refractivity contribution in [2.75, 3.05) is 0 Å². The number of rotatable bonds is 3. The van der Waals surface area contributed by atoms with Gasteiger partial charge in [-0.25, -0.2) is 4.98 Å². The molecule has 2 N–H and O–H groups in total. The lowest BCUT2D eigenvalue weighted by atomic mass is 9.89. The normalized spacial score (nSPS) is 17.9. The lowest BCUT2D eigenvalue weighted by Crippen LogP contribution is -2.21. The molecule has 0 aromatic carbocycles. The number of aromatic nitrogens is 2. The largest absolute Gasteiger partial charge is 0.387 e. The number of imidazole rings is 1. The van der Waals surface area contributed by atoms with Crippen molar-refractivity contribution in [3.05, 3.63) is 18.2 Å². The van der Waals surface area contributed by atoms with E-state index in [9.17, 15) is 0 Å². The number of hydrogen-bond acceptors (Lipinski definition) is 2. The van der Waals surface area contributed by atoms with Gasteiger partial charge < -0.3 is 10.3 Å². The van der Waals surface area contributed by atoms with Gasteiger partial charge in [0.2, 0.25) is 0 Å². The molecule has 0 atom stereocenters. The van der Waals surface area contributed by atoms with Crippen LogP contribution in [0.4, 0.5) is 0 Å². The summed E-state index contributed by atoms with van der Waals surface area (Å²) in [5, 5.41) is 0. The molecule has 82 valence electrons. The van der Waals surface area contributed by atoms with Gasteiger partial charge in [-0.2, -0.15) is 0 Å². The molecule has 0 unspecified atom stereocenters. The van der Waals surface area contributed by atoms with Crippen molar-refractivity contribution >= 4 is 17.2 Å². The Labute approximate surface area is 95.7 Å². The van der Waals surface area contributed by atoms with Crippen molar-refractivity contribution in [2.45, 2.75) is 38.6 Å². The molecule has 0 bridgehead atoms. The van der Waals surface area contributed by atoms with Gasteiger partial charge in [-0.1, -0.05) is 31.5 Å². The van der Waals surface area contributed by atoms with Crippen LogP contribution in [0.25, 0.3) is 0 Å². The summed E-state index contributed by atoms with van der Waals surface area (Å²) in [6.07, 6.45) is 10.5. The molecule has 0 spiro atoms. The lowest BCUT2D eigenvalue weighted by Gasteiger charge is -2.22. The Balaban J connectivity index is 2.03. The van der Waals surface area contributed by atoms with Crippen molar-refractivity contribution in [3.63, 3.8) is 0 Å². The van der Waals surface area contributed by atoms with Crippen LogP contribution in [0, 0.1) is 5.92 Å². The van der Waals surface area contributed by atoms with E-state index in [-0.39, 0.29) is 0 Å². The molecule has 0 aliphatic heterocycles. The van der Waals surface area contributed by atoms with Crippen molar-refractivity contribution in [2.24, 2.45) is 11.7 Å². The van der Waals surface area contributed by atoms with Gasteiger partial charge in [-0.15, -0.1) is 0 Å². The zero-order valence-corrected chi connectivity index (χ0v) is 9.67. The zero-order chi connectivity index (χ0) is 10.7. The summed E-state index contributed by atoms with van der Waals surface area (Å²) in [5.41, 5.74) is 5.61. The maximum Gasteiger partial charge on any atom is 0.167 e. The molecule has 0 radical (unpaired) electrons. The van der Waals surface area contributed by atoms with E-state index in [2.05, 4.69) is 9.55 Å². The summed E-state index contributed by atoms with van der Waals surface area (Å²) in [6.45, 7) is 1.02. The minimum Gasteiger partial charge on any atom is -0.387 e. The molecular weight excluding hydrogens is 206 g/mol. The molecule has 1 aliphatic rings. The summed E-state index contributed by atoms with van der Waals surface area (Å²) in [6, 6.07) is 0. The summed E-state index contributed by atoms with van der Waals surface area (Å²) in [5.74, 6) is 1.54. The fraction of sp³-hybridized carbons (Fsp3) is 0.636. The van der Waals surface area contributed by atoms with Gasteiger partial charge in [0, 0.05) is 18.9 Å². The molecule has 0 saturated heterocycles. The molecule has 1 fully saturated rings. The highest BCUT2D eigenvalue weighted by molar-refractivity contribution is 7.80. The molecule has 1 saturated carbocycles. The van der Waals surface area contributed by atoms with E-state index in [4.69, 9.17) is 18.0 Å². The van der Waals surface area contributed by atoms with E-state index in [0.29, 0.717) is 4.99 Å². The first-order valence-electron chi connectivity index (χ1n) is 5.58. The predicted octanol–water partition coefficient (Wildman–Crippen LogP) is 2.10. The average molecular weight is 223 g/mol. The van der Waals surface area contributed by atoms with Crippen molar-refractivity contribution in [3.8, 4) is 0 Å². The summed E-state index contributed by atoms with van der Waals surface area (Å²) >= 11 is 4.97. The fourth-order valence-electron chi connectivity index (χ4n) is 2.33. The molecule has 1 aliphatic carbocycles. The highest BCUT2D eigenvalue weighted by Gasteiger charge is 2.15. The number of hydrogen-bond donors (Lipinski definition) is 1. The van der Waals surface area contributed by atoms with E-state index in [0.717, 1.165) is 18.3 Å². The van der Waals surface area contributed by atoms with Gasteiger partial charge in [0.1, 0.15) is 4.99 Å². The molecule has 1 aromatic heterocycles. The monoisotopic (exact) mass is 223 g/mol. The molecule has 3 nitrogen and oxygen atoms in total. The molecule has 1 heterocycles. The number of thiocarbonyl (C=S) groups is 1. The van der Waals surface area contributed by atoms with Crippen molar-refractivity contribution in [1.82, 2.24) is 9.55 Å². The number of nitrogens with zero attached hydrogens (tertiary/aromatic N) is 2. The second kappa shape index (κ2) is 4.75. The minimum absolute atomic E-state index is 0.399. The van der Waals surface area contributed by atoms with Gasteiger partial charge in [-0.3, -0.25) is 0 Å². The van der Waals surface area contributed by atoms with Crippen LogP contribution in [0.1, 0.15) is 37.9 Å². The minimum atomic E-state index is 0.399. The fourth-order valence-corrected chi connectivity index (χ4v) is 2.50. The molecule has 1 aromatic rings. The van der Waals surface area contributed by atoms with E-state index < -0.39 is 0 Å². The van der Waals surface area contributed by atoms with Gasteiger partial charge in [0.25, 0.3) is 0 Å². The third-order valence-corrected chi connectivity index (χ3v) is 3.30. The van der Waals surface area contributed by atoms with E-state index in [1.165, 1.54) is 32.1 Å². The molecular formula is C11H17N3S. The lowest BCUT2D eigenvalue weighted by molar-refractivity contribution is 0.318. The Morgan fingerprint density at radius 1 is 1.47 bits per heavy atom.